The predicted octanol–water partition coefficient (Wildman–Crippen LogP) is 2.27. The maximum Gasteiger partial charge on any atom is 0.270 e. The van der Waals surface area contributed by atoms with Crippen molar-refractivity contribution in [1.82, 2.24) is 9.97 Å². The molecule has 174 valence electrons. The van der Waals surface area contributed by atoms with Crippen LogP contribution in [0.25, 0.3) is 10.9 Å². The molecule has 0 fully saturated rings. The lowest BCUT2D eigenvalue weighted by Crippen LogP contribution is -2.50. The molecule has 0 radical (unpaired) electrons. The third kappa shape index (κ3) is 3.93. The van der Waals surface area contributed by atoms with E-state index < -0.39 is 11.2 Å². The first-order valence-corrected chi connectivity index (χ1v) is 11.3. The highest BCUT2D eigenvalue weighted by atomic mass is 19.1. The first-order valence-electron chi connectivity index (χ1n) is 11.3. The molecular formula is C25H29B2FN4O2. The molecule has 1 amide bonds. The number of aromatic nitrogens is 2. The van der Waals surface area contributed by atoms with Gasteiger partial charge >= 0.3 is 0 Å². The van der Waals surface area contributed by atoms with Crippen LogP contribution >= 0.6 is 0 Å². The van der Waals surface area contributed by atoms with Crippen LogP contribution in [0.15, 0.2) is 42.5 Å². The van der Waals surface area contributed by atoms with Crippen LogP contribution in [-0.2, 0) is 16.9 Å². The molecular weight excluding hydrogens is 429 g/mol. The van der Waals surface area contributed by atoms with Gasteiger partial charge in [0.05, 0.1) is 11.2 Å². The minimum absolute atomic E-state index is 0.124. The molecule has 2 heterocycles. The summed E-state index contributed by atoms with van der Waals surface area (Å²) in [5, 5.41) is 4.18. The van der Waals surface area contributed by atoms with Crippen LogP contribution in [0.3, 0.4) is 0 Å². The summed E-state index contributed by atoms with van der Waals surface area (Å²) in [6.45, 7) is 11.3. The van der Waals surface area contributed by atoms with Gasteiger partial charge in [-0.25, -0.2) is 14.4 Å². The van der Waals surface area contributed by atoms with Gasteiger partial charge in [-0.1, -0.05) is 30.2 Å². The Labute approximate surface area is 201 Å². The minimum atomic E-state index is -1.61. The van der Waals surface area contributed by atoms with Crippen molar-refractivity contribution in [1.29, 1.82) is 0 Å². The number of fused-ring (bicyclic) bond motifs is 2. The predicted molar refractivity (Wildman–Crippen MR) is 140 cm³/mol. The zero-order valence-corrected chi connectivity index (χ0v) is 20.8. The number of allylic oxidation sites excluding steroid dienone is 1. The maximum absolute atomic E-state index is 15.3. The van der Waals surface area contributed by atoms with Crippen molar-refractivity contribution in [3.8, 4) is 5.75 Å². The lowest BCUT2D eigenvalue weighted by Gasteiger charge is -2.37. The fraction of sp³-hybridized carbons (Fsp3) is 0.320. The number of ether oxygens (including phenoxy) is 1. The molecule has 6 nitrogen and oxygen atoms in total. The van der Waals surface area contributed by atoms with Crippen molar-refractivity contribution < 1.29 is 13.9 Å². The Kier molecular flexibility index (Phi) is 5.70. The van der Waals surface area contributed by atoms with Gasteiger partial charge in [-0.15, -0.1) is 0 Å². The molecule has 0 aliphatic carbocycles. The first-order chi connectivity index (χ1) is 15.8. The highest BCUT2D eigenvalue weighted by molar-refractivity contribution is 6.36. The summed E-state index contributed by atoms with van der Waals surface area (Å²) < 4.78 is 21.3. The molecule has 3 aromatic rings. The number of nitrogens with one attached hydrogen (secondary N) is 1. The number of aryl methyl sites for hydroxylation is 1. The Morgan fingerprint density at radius 1 is 1.32 bits per heavy atom. The smallest absolute Gasteiger partial charge is 0.270 e. The van der Waals surface area contributed by atoms with Crippen molar-refractivity contribution in [2.75, 3.05) is 17.3 Å². The fourth-order valence-corrected chi connectivity index (χ4v) is 4.36. The van der Waals surface area contributed by atoms with E-state index in [9.17, 15) is 4.79 Å². The minimum Gasteiger partial charge on any atom is -0.476 e. The summed E-state index contributed by atoms with van der Waals surface area (Å²) >= 11 is 0. The quantitative estimate of drug-likeness (QED) is 0.470. The second-order valence-electron chi connectivity index (χ2n) is 9.66. The van der Waals surface area contributed by atoms with E-state index in [1.54, 1.807) is 46.6 Å². The van der Waals surface area contributed by atoms with Gasteiger partial charge < -0.3 is 15.0 Å². The van der Waals surface area contributed by atoms with E-state index in [0.29, 0.717) is 40.8 Å². The van der Waals surface area contributed by atoms with Gasteiger partial charge in [0.1, 0.15) is 30.8 Å². The summed E-state index contributed by atoms with van der Waals surface area (Å²) in [5.74, 6) is 1.73. The molecule has 0 saturated heterocycles. The van der Waals surface area contributed by atoms with E-state index in [4.69, 9.17) is 4.74 Å². The number of likely N-dealkylation sites (N-methyl/N-ethyl adjacent to an activating group) is 1. The number of hydrogen-bond acceptors (Lipinski definition) is 5. The topological polar surface area (TPSA) is 67.4 Å². The molecule has 2 aromatic carbocycles. The molecule has 34 heavy (non-hydrogen) atoms. The number of amides is 1. The normalized spacial score (nSPS) is 16.5. The van der Waals surface area contributed by atoms with Gasteiger partial charge in [-0.2, -0.15) is 0 Å². The van der Waals surface area contributed by atoms with Gasteiger partial charge in [0, 0.05) is 25.0 Å². The van der Waals surface area contributed by atoms with E-state index in [2.05, 4.69) is 21.9 Å². The van der Waals surface area contributed by atoms with Gasteiger partial charge in [0.2, 0.25) is 0 Å². The van der Waals surface area contributed by atoms with E-state index in [1.165, 1.54) is 0 Å². The standard InChI is InChI=1S/C25H29B2FN4O2/c1-13(2)25(27,28)17-9-7-8-15(21(17)26)12-29-22-16-10-19-20(11-18(16)30-14(3)31-22)34-24(4,5)23(33)32(19)6/h7-11H,1,12,26-27H2,2-6H3,(H,29,30,31). The Balaban J connectivity index is 1.73. The second kappa shape index (κ2) is 8.15. The van der Waals surface area contributed by atoms with Crippen LogP contribution in [0.1, 0.15) is 37.7 Å². The zero-order chi connectivity index (χ0) is 25.0. The van der Waals surface area contributed by atoms with Gasteiger partial charge in [-0.3, -0.25) is 4.79 Å². The third-order valence-electron chi connectivity index (χ3n) is 6.63. The summed E-state index contributed by atoms with van der Waals surface area (Å²) in [4.78, 5) is 23.5. The number of alkyl halides is 1. The van der Waals surface area contributed by atoms with Gasteiger partial charge in [-0.05, 0) is 50.5 Å². The van der Waals surface area contributed by atoms with Crippen LogP contribution < -0.4 is 20.4 Å². The molecule has 1 aliphatic rings. The van der Waals surface area contributed by atoms with Crippen molar-refractivity contribution in [3.05, 3.63) is 59.4 Å². The number of halogens is 1. The van der Waals surface area contributed by atoms with Gasteiger partial charge in [0.25, 0.3) is 5.91 Å². The number of hydrogen-bond donors (Lipinski definition) is 1. The molecule has 9 heteroatoms. The number of rotatable bonds is 5. The Morgan fingerprint density at radius 2 is 2.03 bits per heavy atom. The highest BCUT2D eigenvalue weighted by Gasteiger charge is 2.39. The summed E-state index contributed by atoms with van der Waals surface area (Å²) in [7, 11) is 5.21. The molecule has 1 atom stereocenters. The van der Waals surface area contributed by atoms with Crippen LogP contribution in [0.4, 0.5) is 15.9 Å². The molecule has 1 unspecified atom stereocenters. The average Bonchev–Trinajstić information content (AvgIpc) is 2.75. The zero-order valence-electron chi connectivity index (χ0n) is 20.8. The molecule has 0 spiro atoms. The van der Waals surface area contributed by atoms with Crippen molar-refractivity contribution in [2.45, 2.75) is 45.4 Å². The molecule has 0 saturated carbocycles. The van der Waals surface area contributed by atoms with Crippen LogP contribution in [-0.4, -0.2) is 44.2 Å². The molecule has 4 rings (SSSR count). The molecule has 1 aromatic heterocycles. The van der Waals surface area contributed by atoms with E-state index in [1.807, 2.05) is 39.0 Å². The SMILES string of the molecule is Bc1c(CNc2nc(C)nc3cc4c(cc23)N(C)C(=O)C(C)(C)O4)cccc1C(B)(F)C(=C)C. The van der Waals surface area contributed by atoms with E-state index in [0.717, 1.165) is 21.9 Å². The first kappa shape index (κ1) is 23.8. The van der Waals surface area contributed by atoms with Crippen LogP contribution in [0.5, 0.6) is 5.75 Å². The Bertz CT molecular complexity index is 1340. The largest absolute Gasteiger partial charge is 0.476 e. The summed E-state index contributed by atoms with van der Waals surface area (Å²) in [5.41, 5.74) is 1.73. The van der Waals surface area contributed by atoms with E-state index >= 15 is 4.39 Å². The number of benzene rings is 2. The lowest BCUT2D eigenvalue weighted by atomic mass is 9.67. The average molecular weight is 458 g/mol. The summed E-state index contributed by atoms with van der Waals surface area (Å²) in [6.07, 6.45) is 0. The number of nitrogens with zero attached hydrogens (tertiary/aromatic N) is 3. The third-order valence-corrected chi connectivity index (χ3v) is 6.63. The van der Waals surface area contributed by atoms with Gasteiger partial charge in [0.15, 0.2) is 13.4 Å². The molecule has 1 N–H and O–H groups in total. The monoisotopic (exact) mass is 458 g/mol. The van der Waals surface area contributed by atoms with Crippen LogP contribution in [0.2, 0.25) is 0 Å². The van der Waals surface area contributed by atoms with Crippen LogP contribution in [0, 0.1) is 6.92 Å². The second-order valence-corrected chi connectivity index (χ2v) is 9.66. The van der Waals surface area contributed by atoms with E-state index in [-0.39, 0.29) is 5.91 Å². The van der Waals surface area contributed by atoms with Crippen molar-refractivity contribution >= 4 is 49.5 Å². The number of carbonyl (C=O) groups is 1. The van der Waals surface area contributed by atoms with Crippen molar-refractivity contribution in [2.24, 2.45) is 0 Å². The number of anilines is 2. The Morgan fingerprint density at radius 3 is 2.71 bits per heavy atom. The molecule has 0 bridgehead atoms. The summed E-state index contributed by atoms with van der Waals surface area (Å²) in [6, 6.07) is 9.36. The number of carbonyl (C=O) groups excluding carboxylic acids is 1. The molecule has 1 aliphatic heterocycles. The fourth-order valence-electron chi connectivity index (χ4n) is 4.36. The highest BCUT2D eigenvalue weighted by Crippen LogP contribution is 2.40. The van der Waals surface area contributed by atoms with Crippen molar-refractivity contribution in [3.63, 3.8) is 0 Å². The lowest BCUT2D eigenvalue weighted by molar-refractivity contribution is -0.132. The maximum atomic E-state index is 15.3. The Hall–Kier alpha value is -3.35.